The summed E-state index contributed by atoms with van der Waals surface area (Å²) in [6, 6.07) is 2.16. The molecule has 2 atom stereocenters. The zero-order chi connectivity index (χ0) is 21.3. The van der Waals surface area contributed by atoms with Crippen LogP contribution in [0, 0.1) is 35.0 Å². The van der Waals surface area contributed by atoms with E-state index in [-0.39, 0.29) is 19.3 Å². The van der Waals surface area contributed by atoms with Crippen molar-refractivity contribution in [3.63, 3.8) is 0 Å². The van der Waals surface area contributed by atoms with E-state index in [4.69, 9.17) is 28.4 Å². The molecule has 0 unspecified atom stereocenters. The van der Waals surface area contributed by atoms with Crippen molar-refractivity contribution in [1.82, 2.24) is 0 Å². The fraction of sp³-hybridized carbons (Fsp3) is 0.944. The molecule has 0 saturated carbocycles. The Morgan fingerprint density at radius 2 is 1.30 bits per heavy atom. The van der Waals surface area contributed by atoms with Crippen LogP contribution >= 0.6 is 0 Å². The highest BCUT2D eigenvalue weighted by Gasteiger charge is 2.16. The largest absolute Gasteiger partial charge is 0.359 e. The quantitative estimate of drug-likeness (QED) is 0.244. The van der Waals surface area contributed by atoms with Crippen LogP contribution in [0.25, 0.3) is 0 Å². The third-order valence-corrected chi connectivity index (χ3v) is 4.37. The van der Waals surface area contributed by atoms with E-state index in [1.807, 2.05) is 13.8 Å². The summed E-state index contributed by atoms with van der Waals surface area (Å²) < 4.78 is 46.2. The molecule has 0 aliphatic heterocycles. The average molecular weight is 412 g/mol. The number of hydrogen-bond acceptors (Lipinski definition) is 8. The number of methoxy groups -OCH3 is 2. The summed E-state index contributed by atoms with van der Waals surface area (Å²) in [5, 5.41) is 8.51. The second-order valence-corrected chi connectivity index (χ2v) is 8.56. The minimum absolute atomic E-state index is 0.0508. The summed E-state index contributed by atoms with van der Waals surface area (Å²) in [4.78, 5) is 0. The minimum Gasteiger partial charge on any atom is -0.359 e. The van der Waals surface area contributed by atoms with Gasteiger partial charge in [-0.3, -0.25) is 4.18 Å². The summed E-state index contributed by atoms with van der Waals surface area (Å²) in [7, 11) is -0.239. The SMILES string of the molecule is COCOC[C@@H](CC#N)C(C)C.COCOC[C@@H](COS(C)(=O)=O)C(C)C. The van der Waals surface area contributed by atoms with Gasteiger partial charge in [0, 0.05) is 26.6 Å². The van der Waals surface area contributed by atoms with Gasteiger partial charge in [0.1, 0.15) is 13.6 Å². The predicted octanol–water partition coefficient (Wildman–Crippen LogP) is 2.65. The van der Waals surface area contributed by atoms with Gasteiger partial charge in [0.15, 0.2) is 0 Å². The molecule has 0 bridgehead atoms. The molecule has 9 heteroatoms. The second-order valence-electron chi connectivity index (χ2n) is 6.91. The number of nitrogens with zero attached hydrogens (tertiary/aromatic N) is 1. The van der Waals surface area contributed by atoms with Crippen molar-refractivity contribution in [3.8, 4) is 6.07 Å². The van der Waals surface area contributed by atoms with Crippen molar-refractivity contribution in [2.75, 3.05) is 53.9 Å². The van der Waals surface area contributed by atoms with Gasteiger partial charge in [0.2, 0.25) is 0 Å². The van der Waals surface area contributed by atoms with Gasteiger partial charge in [0.05, 0.1) is 32.1 Å². The van der Waals surface area contributed by atoms with Crippen LogP contribution in [-0.4, -0.2) is 62.3 Å². The highest BCUT2D eigenvalue weighted by Crippen LogP contribution is 2.14. The van der Waals surface area contributed by atoms with Gasteiger partial charge in [-0.25, -0.2) is 0 Å². The Labute approximate surface area is 165 Å². The van der Waals surface area contributed by atoms with Crippen molar-refractivity contribution in [2.45, 2.75) is 34.1 Å². The van der Waals surface area contributed by atoms with Gasteiger partial charge >= 0.3 is 0 Å². The molecule has 0 aromatic rings. The molecule has 0 saturated heterocycles. The Morgan fingerprint density at radius 3 is 1.63 bits per heavy atom. The van der Waals surface area contributed by atoms with Gasteiger partial charge in [-0.2, -0.15) is 13.7 Å². The molecule has 0 aliphatic rings. The lowest BCUT2D eigenvalue weighted by Gasteiger charge is -2.19. The molecule has 0 aromatic carbocycles. The van der Waals surface area contributed by atoms with Gasteiger partial charge in [0.25, 0.3) is 10.1 Å². The number of rotatable bonds is 14. The molecule has 162 valence electrons. The molecule has 0 spiro atoms. The molecule has 0 rings (SSSR count). The molecule has 27 heavy (non-hydrogen) atoms. The summed E-state index contributed by atoms with van der Waals surface area (Å²) in [6.45, 7) is 9.90. The lowest BCUT2D eigenvalue weighted by Crippen LogP contribution is -2.23. The Balaban J connectivity index is 0. The maximum absolute atomic E-state index is 10.8. The molecule has 0 aliphatic carbocycles. The van der Waals surface area contributed by atoms with E-state index >= 15 is 0 Å². The van der Waals surface area contributed by atoms with E-state index in [0.717, 1.165) is 6.26 Å². The number of ether oxygens (including phenoxy) is 4. The molecular formula is C18H37NO7S. The summed E-state index contributed by atoms with van der Waals surface area (Å²) >= 11 is 0. The standard InChI is InChI=1S/C9H17NO2.C9H20O5S/c1-8(2)9(4-5-10)6-12-7-11-3;1-8(2)9(5-13-7-12-3)6-14-15(4,10)11/h8-9H,4,6-7H2,1-3H3;8-9H,5-7H2,1-4H3/t2*9-/m10/s1. The summed E-state index contributed by atoms with van der Waals surface area (Å²) in [6.07, 6.45) is 1.60. The molecule has 0 N–H and O–H groups in total. The number of hydrogen-bond donors (Lipinski definition) is 0. The van der Waals surface area contributed by atoms with Crippen molar-refractivity contribution in [3.05, 3.63) is 0 Å². The van der Waals surface area contributed by atoms with Crippen LogP contribution in [0.5, 0.6) is 0 Å². The summed E-state index contributed by atoms with van der Waals surface area (Å²) in [5.41, 5.74) is 0. The van der Waals surface area contributed by atoms with Gasteiger partial charge in [-0.15, -0.1) is 0 Å². The maximum Gasteiger partial charge on any atom is 0.264 e. The Hall–Kier alpha value is -0.760. The highest BCUT2D eigenvalue weighted by atomic mass is 32.2. The zero-order valence-electron chi connectivity index (χ0n) is 17.8. The molecule has 0 aromatic heterocycles. The third-order valence-electron chi connectivity index (χ3n) is 3.80. The first-order valence-electron chi connectivity index (χ1n) is 8.93. The van der Waals surface area contributed by atoms with Crippen LogP contribution in [0.3, 0.4) is 0 Å². The first kappa shape index (κ1) is 28.4. The third kappa shape index (κ3) is 19.8. The van der Waals surface area contributed by atoms with Crippen molar-refractivity contribution < 1.29 is 31.5 Å². The Bertz CT molecular complexity index is 475. The first-order valence-corrected chi connectivity index (χ1v) is 10.7. The average Bonchev–Trinajstić information content (AvgIpc) is 2.56. The maximum atomic E-state index is 10.8. The van der Waals surface area contributed by atoms with E-state index in [1.54, 1.807) is 7.11 Å². The fourth-order valence-corrected chi connectivity index (χ4v) is 2.24. The van der Waals surface area contributed by atoms with E-state index in [2.05, 4.69) is 19.9 Å². The van der Waals surface area contributed by atoms with Crippen molar-refractivity contribution in [2.24, 2.45) is 23.7 Å². The lowest BCUT2D eigenvalue weighted by molar-refractivity contribution is -0.0533. The molecule has 0 radical (unpaired) electrons. The van der Waals surface area contributed by atoms with E-state index in [9.17, 15) is 8.42 Å². The highest BCUT2D eigenvalue weighted by molar-refractivity contribution is 7.85. The smallest absolute Gasteiger partial charge is 0.264 e. The molecule has 0 amide bonds. The molecule has 0 fully saturated rings. The zero-order valence-corrected chi connectivity index (χ0v) is 18.6. The molecular weight excluding hydrogens is 374 g/mol. The van der Waals surface area contributed by atoms with Crippen molar-refractivity contribution >= 4 is 10.1 Å². The van der Waals surface area contributed by atoms with Gasteiger partial charge in [-0.1, -0.05) is 27.7 Å². The van der Waals surface area contributed by atoms with Gasteiger partial charge < -0.3 is 18.9 Å². The monoisotopic (exact) mass is 411 g/mol. The van der Waals surface area contributed by atoms with Crippen LogP contribution in [0.1, 0.15) is 34.1 Å². The van der Waals surface area contributed by atoms with Crippen LogP contribution in [-0.2, 0) is 33.2 Å². The van der Waals surface area contributed by atoms with Crippen LogP contribution in [0.15, 0.2) is 0 Å². The topological polar surface area (TPSA) is 104 Å². The van der Waals surface area contributed by atoms with Crippen LogP contribution in [0.2, 0.25) is 0 Å². The normalized spacial score (nSPS) is 13.8. The minimum atomic E-state index is -3.37. The van der Waals surface area contributed by atoms with E-state index in [1.165, 1.54) is 7.11 Å². The Kier molecular flexibility index (Phi) is 18.3. The first-order chi connectivity index (χ1) is 12.6. The van der Waals surface area contributed by atoms with E-state index in [0.29, 0.717) is 44.2 Å². The molecule has 8 nitrogen and oxygen atoms in total. The van der Waals surface area contributed by atoms with E-state index < -0.39 is 10.1 Å². The number of nitriles is 1. The van der Waals surface area contributed by atoms with Crippen molar-refractivity contribution in [1.29, 1.82) is 5.26 Å². The fourth-order valence-electron chi connectivity index (χ4n) is 1.81. The lowest BCUT2D eigenvalue weighted by atomic mass is 9.94. The predicted molar refractivity (Wildman–Crippen MR) is 103 cm³/mol. The summed E-state index contributed by atoms with van der Waals surface area (Å²) in [5.74, 6) is 1.16. The van der Waals surface area contributed by atoms with Crippen LogP contribution in [0.4, 0.5) is 0 Å². The Morgan fingerprint density at radius 1 is 0.852 bits per heavy atom. The molecule has 0 heterocycles. The van der Waals surface area contributed by atoms with Crippen LogP contribution < -0.4 is 0 Å². The van der Waals surface area contributed by atoms with Gasteiger partial charge in [-0.05, 0) is 17.8 Å². The second kappa shape index (κ2) is 17.3.